The topological polar surface area (TPSA) is 42.0 Å². The smallest absolute Gasteiger partial charge is 0.267 e. The molecule has 0 bridgehead atoms. The molecule has 0 saturated carbocycles. The lowest BCUT2D eigenvalue weighted by molar-refractivity contribution is 0.102. The molecule has 130 valence electrons. The van der Waals surface area contributed by atoms with Crippen molar-refractivity contribution < 1.29 is 4.79 Å². The van der Waals surface area contributed by atoms with Crippen molar-refractivity contribution in [3.8, 4) is 10.6 Å². The van der Waals surface area contributed by atoms with Crippen LogP contribution in [0.2, 0.25) is 5.02 Å². The third-order valence-corrected chi connectivity index (χ3v) is 6.33. The van der Waals surface area contributed by atoms with Crippen LogP contribution in [0.3, 0.4) is 0 Å². The lowest BCUT2D eigenvalue weighted by atomic mass is 10.0. The van der Waals surface area contributed by atoms with Gasteiger partial charge in [-0.2, -0.15) is 11.3 Å². The van der Waals surface area contributed by atoms with Crippen LogP contribution in [0, 0.1) is 6.92 Å². The van der Waals surface area contributed by atoms with E-state index < -0.39 is 0 Å². The van der Waals surface area contributed by atoms with Crippen molar-refractivity contribution in [2.75, 3.05) is 5.32 Å². The summed E-state index contributed by atoms with van der Waals surface area (Å²) in [4.78, 5) is 18.1. The molecule has 0 radical (unpaired) electrons. The number of nitrogens with zero attached hydrogens (tertiary/aromatic N) is 1. The Hall–Kier alpha value is -1.69. The van der Waals surface area contributed by atoms with Crippen LogP contribution in [0.5, 0.6) is 0 Å². The number of rotatable bonds is 5. The van der Waals surface area contributed by atoms with Crippen molar-refractivity contribution in [2.24, 2.45) is 0 Å². The predicted octanol–water partition coefficient (Wildman–Crippen LogP) is 6.21. The zero-order chi connectivity index (χ0) is 18.0. The average molecular weight is 391 g/mol. The Morgan fingerprint density at radius 2 is 2.04 bits per heavy atom. The molecule has 6 heteroatoms. The molecule has 25 heavy (non-hydrogen) atoms. The summed E-state index contributed by atoms with van der Waals surface area (Å²) in [7, 11) is 0. The number of aromatic nitrogens is 1. The van der Waals surface area contributed by atoms with Gasteiger partial charge in [-0.3, -0.25) is 4.79 Å². The van der Waals surface area contributed by atoms with E-state index in [0.717, 1.165) is 45.9 Å². The van der Waals surface area contributed by atoms with Gasteiger partial charge < -0.3 is 5.32 Å². The number of anilines is 1. The van der Waals surface area contributed by atoms with Crippen molar-refractivity contribution in [3.05, 3.63) is 55.7 Å². The molecule has 0 aliphatic heterocycles. The van der Waals surface area contributed by atoms with E-state index in [9.17, 15) is 4.79 Å². The van der Waals surface area contributed by atoms with Gasteiger partial charge in [-0.1, -0.05) is 31.5 Å². The van der Waals surface area contributed by atoms with Gasteiger partial charge in [0.25, 0.3) is 5.91 Å². The van der Waals surface area contributed by atoms with Crippen molar-refractivity contribution in [3.63, 3.8) is 0 Å². The first-order valence-corrected chi connectivity index (χ1v) is 10.3. The largest absolute Gasteiger partial charge is 0.321 e. The second-order valence-corrected chi connectivity index (χ2v) is 7.85. The van der Waals surface area contributed by atoms with Gasteiger partial charge in [-0.05, 0) is 48.4 Å². The number of amides is 1. The second kappa shape index (κ2) is 7.68. The summed E-state index contributed by atoms with van der Waals surface area (Å²) >= 11 is 9.38. The Kier molecular flexibility index (Phi) is 5.57. The van der Waals surface area contributed by atoms with Crippen molar-refractivity contribution >= 4 is 45.9 Å². The van der Waals surface area contributed by atoms with Crippen LogP contribution in [0.1, 0.15) is 40.3 Å². The van der Waals surface area contributed by atoms with Gasteiger partial charge >= 0.3 is 0 Å². The molecule has 0 saturated heterocycles. The molecule has 1 aromatic carbocycles. The predicted molar refractivity (Wildman–Crippen MR) is 108 cm³/mol. The maximum Gasteiger partial charge on any atom is 0.267 e. The molecule has 2 aromatic heterocycles. The lowest BCUT2D eigenvalue weighted by Crippen LogP contribution is -2.15. The van der Waals surface area contributed by atoms with Gasteiger partial charge in [0.05, 0.1) is 5.69 Å². The highest BCUT2D eigenvalue weighted by Gasteiger charge is 2.19. The van der Waals surface area contributed by atoms with Crippen LogP contribution in [0.15, 0.2) is 29.0 Å². The number of hydrogen-bond acceptors (Lipinski definition) is 4. The number of aryl methyl sites for hydroxylation is 2. The standard InChI is InChI=1S/C19H19ClN2OS2/c1-4-12-6-7-15(20)14(5-2)16(12)22-18(23)17-11(3)21-19(25-17)13-8-9-24-10-13/h6-10H,4-5H2,1-3H3,(H,22,23). The van der Waals surface area contributed by atoms with E-state index in [0.29, 0.717) is 9.90 Å². The summed E-state index contributed by atoms with van der Waals surface area (Å²) in [5, 5.41) is 8.71. The maximum atomic E-state index is 12.9. The Balaban J connectivity index is 1.95. The molecule has 0 aliphatic carbocycles. The van der Waals surface area contributed by atoms with E-state index in [1.54, 1.807) is 11.3 Å². The van der Waals surface area contributed by atoms with E-state index in [-0.39, 0.29) is 5.91 Å². The van der Waals surface area contributed by atoms with Gasteiger partial charge in [-0.25, -0.2) is 4.98 Å². The zero-order valence-corrected chi connectivity index (χ0v) is 16.7. The third-order valence-electron chi connectivity index (χ3n) is 4.09. The second-order valence-electron chi connectivity index (χ2n) is 5.67. The molecule has 0 atom stereocenters. The number of hydrogen-bond donors (Lipinski definition) is 1. The normalized spacial score (nSPS) is 10.9. The number of carbonyl (C=O) groups excluding carboxylic acids is 1. The Bertz CT molecular complexity index is 901. The number of thiazole rings is 1. The lowest BCUT2D eigenvalue weighted by Gasteiger charge is -2.15. The number of carbonyl (C=O) groups is 1. The van der Waals surface area contributed by atoms with E-state index in [1.165, 1.54) is 11.3 Å². The highest BCUT2D eigenvalue weighted by atomic mass is 35.5. The number of benzene rings is 1. The average Bonchev–Trinajstić information content (AvgIpc) is 3.24. The minimum atomic E-state index is -0.122. The number of nitrogens with one attached hydrogen (secondary N) is 1. The Morgan fingerprint density at radius 1 is 1.24 bits per heavy atom. The summed E-state index contributed by atoms with van der Waals surface area (Å²) in [6.45, 7) is 5.99. The highest BCUT2D eigenvalue weighted by Crippen LogP contribution is 2.33. The molecule has 0 unspecified atom stereocenters. The summed E-state index contributed by atoms with van der Waals surface area (Å²) in [5.74, 6) is -0.122. The van der Waals surface area contributed by atoms with Crippen LogP contribution in [0.25, 0.3) is 10.6 Å². The Labute approximate surface area is 160 Å². The first-order chi connectivity index (χ1) is 12.0. The molecular formula is C19H19ClN2OS2. The SMILES string of the molecule is CCc1ccc(Cl)c(CC)c1NC(=O)c1sc(-c2ccsc2)nc1C. The summed E-state index contributed by atoms with van der Waals surface area (Å²) < 4.78 is 0. The van der Waals surface area contributed by atoms with Crippen LogP contribution in [-0.2, 0) is 12.8 Å². The van der Waals surface area contributed by atoms with Crippen LogP contribution >= 0.6 is 34.3 Å². The van der Waals surface area contributed by atoms with Crippen molar-refractivity contribution in [1.82, 2.24) is 4.98 Å². The van der Waals surface area contributed by atoms with Crippen LogP contribution in [0.4, 0.5) is 5.69 Å². The molecule has 0 fully saturated rings. The van der Waals surface area contributed by atoms with E-state index >= 15 is 0 Å². The third kappa shape index (κ3) is 3.64. The van der Waals surface area contributed by atoms with Gasteiger partial charge in [0.1, 0.15) is 9.88 Å². The van der Waals surface area contributed by atoms with Gasteiger partial charge in [-0.15, -0.1) is 11.3 Å². The fourth-order valence-corrected chi connectivity index (χ4v) is 4.72. The zero-order valence-electron chi connectivity index (χ0n) is 14.4. The first-order valence-electron chi connectivity index (χ1n) is 8.16. The summed E-state index contributed by atoms with van der Waals surface area (Å²) in [6.07, 6.45) is 1.60. The number of thiophene rings is 1. The number of halogens is 1. The quantitative estimate of drug-likeness (QED) is 0.562. The monoisotopic (exact) mass is 390 g/mol. The fraction of sp³-hybridized carbons (Fsp3) is 0.263. The molecule has 0 spiro atoms. The molecular weight excluding hydrogens is 372 g/mol. The van der Waals surface area contributed by atoms with Gasteiger partial charge in [0, 0.05) is 21.7 Å². The summed E-state index contributed by atoms with van der Waals surface area (Å²) in [6, 6.07) is 5.90. The minimum Gasteiger partial charge on any atom is -0.321 e. The molecule has 3 nitrogen and oxygen atoms in total. The van der Waals surface area contributed by atoms with E-state index in [1.807, 2.05) is 42.8 Å². The molecule has 3 rings (SSSR count). The van der Waals surface area contributed by atoms with E-state index in [2.05, 4.69) is 17.2 Å². The Morgan fingerprint density at radius 3 is 2.68 bits per heavy atom. The van der Waals surface area contributed by atoms with Crippen LogP contribution < -0.4 is 5.32 Å². The summed E-state index contributed by atoms with van der Waals surface area (Å²) in [5.41, 5.74) is 4.72. The molecule has 1 N–H and O–H groups in total. The first kappa shape index (κ1) is 18.1. The molecule has 1 amide bonds. The fourth-order valence-electron chi connectivity index (χ4n) is 2.75. The van der Waals surface area contributed by atoms with E-state index in [4.69, 9.17) is 11.6 Å². The van der Waals surface area contributed by atoms with Gasteiger partial charge in [0.2, 0.25) is 0 Å². The minimum absolute atomic E-state index is 0.122. The van der Waals surface area contributed by atoms with Crippen LogP contribution in [-0.4, -0.2) is 10.9 Å². The maximum absolute atomic E-state index is 12.9. The van der Waals surface area contributed by atoms with Crippen molar-refractivity contribution in [2.45, 2.75) is 33.6 Å². The molecule has 2 heterocycles. The van der Waals surface area contributed by atoms with Crippen molar-refractivity contribution in [1.29, 1.82) is 0 Å². The van der Waals surface area contributed by atoms with Gasteiger partial charge in [0.15, 0.2) is 0 Å². The molecule has 3 aromatic rings. The molecule has 0 aliphatic rings. The highest BCUT2D eigenvalue weighted by molar-refractivity contribution is 7.17.